The first-order valence-corrected chi connectivity index (χ1v) is 9.54. The molecule has 142 valence electrons. The fourth-order valence-electron chi connectivity index (χ4n) is 3.56. The molecular formula is C19H25N7O. The largest absolute Gasteiger partial charge is 0.353 e. The predicted octanol–water partition coefficient (Wildman–Crippen LogP) is 1.45. The molecule has 0 N–H and O–H groups in total. The molecule has 2 aliphatic heterocycles. The van der Waals surface area contributed by atoms with Gasteiger partial charge in [-0.1, -0.05) is 0 Å². The normalized spacial score (nSPS) is 17.5. The number of anilines is 2. The second kappa shape index (κ2) is 7.46. The van der Waals surface area contributed by atoms with E-state index in [1.165, 1.54) is 12.8 Å². The number of hydrogen-bond donors (Lipinski definition) is 0. The summed E-state index contributed by atoms with van der Waals surface area (Å²) in [5.41, 5.74) is 2.20. The molecule has 0 aromatic carbocycles. The van der Waals surface area contributed by atoms with Crippen molar-refractivity contribution in [3.05, 3.63) is 35.5 Å². The highest BCUT2D eigenvalue weighted by Crippen LogP contribution is 2.22. The van der Waals surface area contributed by atoms with Gasteiger partial charge in [-0.3, -0.25) is 9.78 Å². The molecule has 4 heterocycles. The number of hydrogen-bond acceptors (Lipinski definition) is 7. The van der Waals surface area contributed by atoms with E-state index in [1.54, 1.807) is 12.4 Å². The van der Waals surface area contributed by atoms with Gasteiger partial charge in [0.25, 0.3) is 5.91 Å². The van der Waals surface area contributed by atoms with Gasteiger partial charge in [-0.05, 0) is 26.7 Å². The van der Waals surface area contributed by atoms with Gasteiger partial charge in [0.2, 0.25) is 5.95 Å². The van der Waals surface area contributed by atoms with Crippen molar-refractivity contribution in [2.45, 2.75) is 26.7 Å². The Bertz CT molecular complexity index is 809. The average molecular weight is 367 g/mol. The van der Waals surface area contributed by atoms with E-state index in [4.69, 9.17) is 4.98 Å². The van der Waals surface area contributed by atoms with Gasteiger partial charge in [-0.15, -0.1) is 0 Å². The third-order valence-corrected chi connectivity index (χ3v) is 5.11. The third kappa shape index (κ3) is 3.84. The number of aryl methyl sites for hydroxylation is 2. The maximum atomic E-state index is 12.6. The molecule has 8 nitrogen and oxygen atoms in total. The standard InChI is InChI=1S/C19H25N7O/c1-14-11-17(23-19(22-14)26-5-3-4-6-26)24-7-9-25(10-8-24)18(27)16-13-20-15(2)12-21-16/h11-13H,3-10H2,1-2H3. The van der Waals surface area contributed by atoms with Crippen molar-refractivity contribution in [2.75, 3.05) is 49.1 Å². The molecule has 2 fully saturated rings. The van der Waals surface area contributed by atoms with Gasteiger partial charge in [0.15, 0.2) is 0 Å². The fraction of sp³-hybridized carbons (Fsp3) is 0.526. The monoisotopic (exact) mass is 367 g/mol. The Labute approximate surface area is 159 Å². The highest BCUT2D eigenvalue weighted by molar-refractivity contribution is 5.92. The van der Waals surface area contributed by atoms with E-state index < -0.39 is 0 Å². The maximum Gasteiger partial charge on any atom is 0.274 e. The van der Waals surface area contributed by atoms with Gasteiger partial charge < -0.3 is 14.7 Å². The number of carbonyl (C=O) groups excluding carboxylic acids is 1. The average Bonchev–Trinajstić information content (AvgIpc) is 3.23. The second-order valence-corrected chi connectivity index (χ2v) is 7.18. The fourth-order valence-corrected chi connectivity index (χ4v) is 3.56. The lowest BCUT2D eigenvalue weighted by Gasteiger charge is -2.35. The first kappa shape index (κ1) is 17.6. The van der Waals surface area contributed by atoms with E-state index in [1.807, 2.05) is 24.8 Å². The summed E-state index contributed by atoms with van der Waals surface area (Å²) in [6, 6.07) is 2.03. The van der Waals surface area contributed by atoms with Crippen molar-refractivity contribution in [1.29, 1.82) is 0 Å². The molecule has 0 unspecified atom stereocenters. The Kier molecular flexibility index (Phi) is 4.87. The summed E-state index contributed by atoms with van der Waals surface area (Å²) in [6.07, 6.45) is 5.60. The highest BCUT2D eigenvalue weighted by atomic mass is 16.2. The zero-order chi connectivity index (χ0) is 18.8. The second-order valence-electron chi connectivity index (χ2n) is 7.18. The van der Waals surface area contributed by atoms with Crippen LogP contribution in [0.1, 0.15) is 34.7 Å². The van der Waals surface area contributed by atoms with Crippen LogP contribution in [0.25, 0.3) is 0 Å². The summed E-state index contributed by atoms with van der Waals surface area (Å²) in [7, 11) is 0. The molecule has 1 amide bonds. The Hall–Kier alpha value is -2.77. The molecule has 2 aromatic heterocycles. The van der Waals surface area contributed by atoms with E-state index in [9.17, 15) is 4.79 Å². The van der Waals surface area contributed by atoms with Gasteiger partial charge in [-0.25, -0.2) is 9.97 Å². The molecule has 0 bridgehead atoms. The molecule has 8 heteroatoms. The first-order chi connectivity index (χ1) is 13.1. The van der Waals surface area contributed by atoms with E-state index in [2.05, 4.69) is 24.8 Å². The topological polar surface area (TPSA) is 78.4 Å². The van der Waals surface area contributed by atoms with E-state index in [-0.39, 0.29) is 5.91 Å². The van der Waals surface area contributed by atoms with Crippen molar-refractivity contribution in [3.8, 4) is 0 Å². The summed E-state index contributed by atoms with van der Waals surface area (Å²) in [5, 5.41) is 0. The number of piperazine rings is 1. The molecule has 0 aliphatic carbocycles. The van der Waals surface area contributed by atoms with Gasteiger partial charge in [0, 0.05) is 57.2 Å². The lowest BCUT2D eigenvalue weighted by atomic mass is 10.2. The van der Waals surface area contributed by atoms with Crippen molar-refractivity contribution in [2.24, 2.45) is 0 Å². The Morgan fingerprint density at radius 1 is 0.852 bits per heavy atom. The molecule has 2 saturated heterocycles. The molecule has 4 rings (SSSR count). The van der Waals surface area contributed by atoms with Crippen LogP contribution >= 0.6 is 0 Å². The van der Waals surface area contributed by atoms with Crippen LogP contribution in [0.3, 0.4) is 0 Å². The minimum absolute atomic E-state index is 0.0567. The Balaban J connectivity index is 1.43. The van der Waals surface area contributed by atoms with Gasteiger partial charge in [0.1, 0.15) is 11.5 Å². The molecular weight excluding hydrogens is 342 g/mol. The first-order valence-electron chi connectivity index (χ1n) is 9.54. The van der Waals surface area contributed by atoms with Gasteiger partial charge in [0.05, 0.1) is 11.9 Å². The van der Waals surface area contributed by atoms with Crippen molar-refractivity contribution in [3.63, 3.8) is 0 Å². The molecule has 27 heavy (non-hydrogen) atoms. The van der Waals surface area contributed by atoms with Crippen molar-refractivity contribution >= 4 is 17.7 Å². The van der Waals surface area contributed by atoms with Crippen LogP contribution in [0.15, 0.2) is 18.5 Å². The number of rotatable bonds is 3. The van der Waals surface area contributed by atoms with Crippen LogP contribution < -0.4 is 9.80 Å². The minimum Gasteiger partial charge on any atom is -0.353 e. The zero-order valence-corrected chi connectivity index (χ0v) is 15.9. The minimum atomic E-state index is -0.0567. The zero-order valence-electron chi connectivity index (χ0n) is 15.9. The van der Waals surface area contributed by atoms with Crippen LogP contribution in [0.2, 0.25) is 0 Å². The predicted molar refractivity (Wildman–Crippen MR) is 103 cm³/mol. The summed E-state index contributed by atoms with van der Waals surface area (Å²) in [6.45, 7) is 8.74. The Morgan fingerprint density at radius 3 is 2.26 bits per heavy atom. The molecule has 0 atom stereocenters. The number of nitrogens with zero attached hydrogens (tertiary/aromatic N) is 7. The van der Waals surface area contributed by atoms with Crippen molar-refractivity contribution in [1.82, 2.24) is 24.8 Å². The molecule has 2 aliphatic rings. The van der Waals surface area contributed by atoms with Gasteiger partial charge >= 0.3 is 0 Å². The van der Waals surface area contributed by atoms with E-state index >= 15 is 0 Å². The molecule has 0 spiro atoms. The van der Waals surface area contributed by atoms with Gasteiger partial charge in [-0.2, -0.15) is 4.98 Å². The highest BCUT2D eigenvalue weighted by Gasteiger charge is 2.25. The lowest BCUT2D eigenvalue weighted by molar-refractivity contribution is 0.0740. The summed E-state index contributed by atoms with van der Waals surface area (Å²) in [4.78, 5) is 36.7. The van der Waals surface area contributed by atoms with Crippen LogP contribution in [0, 0.1) is 13.8 Å². The number of amides is 1. The summed E-state index contributed by atoms with van der Waals surface area (Å²) < 4.78 is 0. The molecule has 2 aromatic rings. The lowest BCUT2D eigenvalue weighted by Crippen LogP contribution is -2.49. The number of carbonyl (C=O) groups is 1. The SMILES string of the molecule is Cc1cnc(C(=O)N2CCN(c3cc(C)nc(N4CCCC4)n3)CC2)cn1. The molecule has 0 radical (unpaired) electrons. The van der Waals surface area contributed by atoms with Crippen LogP contribution in [-0.4, -0.2) is 70.0 Å². The van der Waals surface area contributed by atoms with Crippen LogP contribution in [0.5, 0.6) is 0 Å². The molecule has 0 saturated carbocycles. The number of aromatic nitrogens is 4. The summed E-state index contributed by atoms with van der Waals surface area (Å²) >= 11 is 0. The van der Waals surface area contributed by atoms with E-state index in [0.29, 0.717) is 18.8 Å². The maximum absolute atomic E-state index is 12.6. The Morgan fingerprint density at radius 2 is 1.59 bits per heavy atom. The van der Waals surface area contributed by atoms with E-state index in [0.717, 1.165) is 49.3 Å². The van der Waals surface area contributed by atoms with Crippen molar-refractivity contribution < 1.29 is 4.79 Å². The summed E-state index contributed by atoms with van der Waals surface area (Å²) in [5.74, 6) is 1.72. The van der Waals surface area contributed by atoms with Crippen LogP contribution in [-0.2, 0) is 0 Å². The van der Waals surface area contributed by atoms with Crippen LogP contribution in [0.4, 0.5) is 11.8 Å². The quantitative estimate of drug-likeness (QED) is 0.812. The third-order valence-electron chi connectivity index (χ3n) is 5.11. The smallest absolute Gasteiger partial charge is 0.274 e.